The molecule has 0 unspecified atom stereocenters. The largest absolute Gasteiger partial charge is 0.381 e. The van der Waals surface area contributed by atoms with Gasteiger partial charge in [0.1, 0.15) is 0 Å². The van der Waals surface area contributed by atoms with Crippen molar-refractivity contribution in [1.82, 2.24) is 0 Å². The first-order chi connectivity index (χ1) is 8.88. The predicted molar refractivity (Wildman–Crippen MR) is 81.3 cm³/mol. The summed E-state index contributed by atoms with van der Waals surface area (Å²) in [6.45, 7) is 3.16. The summed E-state index contributed by atoms with van der Waals surface area (Å²) in [4.78, 5) is 0. The van der Waals surface area contributed by atoms with Gasteiger partial charge in [0.25, 0.3) is 0 Å². The standard InChI is InChI=1S/C16H21NS/c1-2-3-4-5-14-6-8-16(9-7-14)17-12-15-10-11-18-13-15/h6-11,13,17H,2-5,12H2,1H3. The van der Waals surface area contributed by atoms with E-state index in [-0.39, 0.29) is 0 Å². The van der Waals surface area contributed by atoms with Gasteiger partial charge in [0, 0.05) is 12.2 Å². The number of rotatable bonds is 7. The molecule has 2 rings (SSSR count). The van der Waals surface area contributed by atoms with Crippen molar-refractivity contribution < 1.29 is 0 Å². The Morgan fingerprint density at radius 1 is 1.00 bits per heavy atom. The lowest BCUT2D eigenvalue weighted by atomic mass is 10.1. The van der Waals surface area contributed by atoms with Gasteiger partial charge in [-0.2, -0.15) is 11.3 Å². The number of hydrogen-bond acceptors (Lipinski definition) is 2. The summed E-state index contributed by atoms with van der Waals surface area (Å²) in [5.74, 6) is 0. The Morgan fingerprint density at radius 2 is 1.83 bits per heavy atom. The first-order valence-electron chi connectivity index (χ1n) is 6.72. The molecule has 96 valence electrons. The van der Waals surface area contributed by atoms with E-state index in [0.717, 1.165) is 6.54 Å². The summed E-state index contributed by atoms with van der Waals surface area (Å²) in [5.41, 5.74) is 4.01. The predicted octanol–water partition coefficient (Wildman–Crippen LogP) is 5.09. The van der Waals surface area contributed by atoms with Crippen molar-refractivity contribution in [1.29, 1.82) is 0 Å². The molecule has 0 saturated carbocycles. The zero-order valence-electron chi connectivity index (χ0n) is 11.0. The van der Waals surface area contributed by atoms with Gasteiger partial charge in [0.15, 0.2) is 0 Å². The molecule has 0 amide bonds. The topological polar surface area (TPSA) is 12.0 Å². The fraction of sp³-hybridized carbons (Fsp3) is 0.375. The lowest BCUT2D eigenvalue weighted by Crippen LogP contribution is -1.98. The average Bonchev–Trinajstić information content (AvgIpc) is 2.91. The first kappa shape index (κ1) is 13.2. The second-order valence-corrected chi connectivity index (χ2v) is 5.42. The molecule has 0 aliphatic heterocycles. The highest BCUT2D eigenvalue weighted by atomic mass is 32.1. The third-order valence-electron chi connectivity index (χ3n) is 3.10. The Hall–Kier alpha value is -1.28. The van der Waals surface area contributed by atoms with Crippen LogP contribution in [-0.2, 0) is 13.0 Å². The number of nitrogens with one attached hydrogen (secondary N) is 1. The summed E-state index contributed by atoms with van der Waals surface area (Å²) in [7, 11) is 0. The minimum Gasteiger partial charge on any atom is -0.381 e. The van der Waals surface area contributed by atoms with Gasteiger partial charge in [-0.15, -0.1) is 0 Å². The number of anilines is 1. The van der Waals surface area contributed by atoms with Crippen LogP contribution in [-0.4, -0.2) is 0 Å². The second-order valence-electron chi connectivity index (χ2n) is 4.64. The van der Waals surface area contributed by atoms with Gasteiger partial charge in [-0.05, 0) is 52.9 Å². The average molecular weight is 259 g/mol. The minimum atomic E-state index is 0.915. The van der Waals surface area contributed by atoms with Crippen molar-refractivity contribution in [2.45, 2.75) is 39.2 Å². The lowest BCUT2D eigenvalue weighted by Gasteiger charge is -2.06. The molecule has 18 heavy (non-hydrogen) atoms. The van der Waals surface area contributed by atoms with E-state index in [9.17, 15) is 0 Å². The van der Waals surface area contributed by atoms with E-state index in [1.54, 1.807) is 11.3 Å². The first-order valence-corrected chi connectivity index (χ1v) is 7.66. The van der Waals surface area contributed by atoms with E-state index in [1.807, 2.05) is 0 Å². The van der Waals surface area contributed by atoms with E-state index in [4.69, 9.17) is 0 Å². The zero-order valence-corrected chi connectivity index (χ0v) is 11.8. The van der Waals surface area contributed by atoms with Gasteiger partial charge < -0.3 is 5.32 Å². The Bertz CT molecular complexity index is 431. The Morgan fingerprint density at radius 3 is 2.50 bits per heavy atom. The molecule has 0 atom stereocenters. The molecule has 0 aliphatic carbocycles. The Balaban J connectivity index is 1.80. The van der Waals surface area contributed by atoms with Gasteiger partial charge in [-0.25, -0.2) is 0 Å². The highest BCUT2D eigenvalue weighted by Crippen LogP contribution is 2.14. The summed E-state index contributed by atoms with van der Waals surface area (Å²) in [6.07, 6.45) is 5.13. The molecule has 0 fully saturated rings. The molecule has 0 radical (unpaired) electrons. The van der Waals surface area contributed by atoms with Crippen LogP contribution in [0.3, 0.4) is 0 Å². The Labute approximate surface area is 114 Å². The van der Waals surface area contributed by atoms with Crippen LogP contribution in [0.1, 0.15) is 37.3 Å². The van der Waals surface area contributed by atoms with Crippen molar-refractivity contribution in [2.24, 2.45) is 0 Å². The zero-order chi connectivity index (χ0) is 12.6. The SMILES string of the molecule is CCCCCc1ccc(NCc2ccsc2)cc1. The van der Waals surface area contributed by atoms with Crippen LogP contribution < -0.4 is 5.32 Å². The maximum absolute atomic E-state index is 3.45. The van der Waals surface area contributed by atoms with Crippen LogP contribution in [0.5, 0.6) is 0 Å². The van der Waals surface area contributed by atoms with Crippen molar-refractivity contribution in [3.8, 4) is 0 Å². The molecule has 1 N–H and O–H groups in total. The van der Waals surface area contributed by atoms with Crippen molar-refractivity contribution >= 4 is 17.0 Å². The van der Waals surface area contributed by atoms with Crippen molar-refractivity contribution in [3.05, 3.63) is 52.2 Å². The molecule has 2 aromatic rings. The molecule has 0 bridgehead atoms. The highest BCUT2D eigenvalue weighted by Gasteiger charge is 1.96. The van der Waals surface area contributed by atoms with Crippen LogP contribution in [0.2, 0.25) is 0 Å². The summed E-state index contributed by atoms with van der Waals surface area (Å²) in [6, 6.07) is 11.0. The number of thiophene rings is 1. The molecule has 1 heterocycles. The van der Waals surface area contributed by atoms with Crippen molar-refractivity contribution in [3.63, 3.8) is 0 Å². The smallest absolute Gasteiger partial charge is 0.0409 e. The molecular formula is C16H21NS. The molecule has 0 saturated heterocycles. The maximum atomic E-state index is 3.45. The van der Waals surface area contributed by atoms with Crippen LogP contribution >= 0.6 is 11.3 Å². The monoisotopic (exact) mass is 259 g/mol. The van der Waals surface area contributed by atoms with Crippen LogP contribution in [0.15, 0.2) is 41.1 Å². The van der Waals surface area contributed by atoms with Crippen molar-refractivity contribution in [2.75, 3.05) is 5.32 Å². The summed E-state index contributed by atoms with van der Waals surface area (Å²) < 4.78 is 0. The highest BCUT2D eigenvalue weighted by molar-refractivity contribution is 7.07. The molecule has 0 spiro atoms. The third kappa shape index (κ3) is 4.19. The maximum Gasteiger partial charge on any atom is 0.0409 e. The molecule has 0 aliphatic rings. The molecule has 1 nitrogen and oxygen atoms in total. The molecule has 1 aromatic heterocycles. The fourth-order valence-corrected chi connectivity index (χ4v) is 2.63. The minimum absolute atomic E-state index is 0.915. The van der Waals surface area contributed by atoms with E-state index < -0.39 is 0 Å². The number of aryl methyl sites for hydroxylation is 1. The van der Waals surface area contributed by atoms with E-state index in [1.165, 1.54) is 42.5 Å². The summed E-state index contributed by atoms with van der Waals surface area (Å²) in [5, 5.41) is 7.75. The van der Waals surface area contributed by atoms with Gasteiger partial charge in [0.2, 0.25) is 0 Å². The fourth-order valence-electron chi connectivity index (χ4n) is 1.97. The van der Waals surface area contributed by atoms with Crippen LogP contribution in [0.4, 0.5) is 5.69 Å². The number of hydrogen-bond donors (Lipinski definition) is 1. The second kappa shape index (κ2) is 7.22. The van der Waals surface area contributed by atoms with E-state index >= 15 is 0 Å². The van der Waals surface area contributed by atoms with Gasteiger partial charge >= 0.3 is 0 Å². The van der Waals surface area contributed by atoms with Gasteiger partial charge in [-0.3, -0.25) is 0 Å². The van der Waals surface area contributed by atoms with Crippen LogP contribution in [0, 0.1) is 0 Å². The lowest BCUT2D eigenvalue weighted by molar-refractivity contribution is 0.717. The molecular weight excluding hydrogens is 238 g/mol. The third-order valence-corrected chi connectivity index (χ3v) is 3.83. The quantitative estimate of drug-likeness (QED) is 0.683. The molecule has 2 heteroatoms. The molecule has 1 aromatic carbocycles. The Kier molecular flexibility index (Phi) is 5.28. The number of benzene rings is 1. The number of unbranched alkanes of at least 4 members (excludes halogenated alkanes) is 2. The van der Waals surface area contributed by atoms with Gasteiger partial charge in [0.05, 0.1) is 0 Å². The van der Waals surface area contributed by atoms with E-state index in [2.05, 4.69) is 53.3 Å². The normalized spacial score (nSPS) is 10.5. The summed E-state index contributed by atoms with van der Waals surface area (Å²) >= 11 is 1.75. The van der Waals surface area contributed by atoms with Crippen LogP contribution in [0.25, 0.3) is 0 Å². The van der Waals surface area contributed by atoms with E-state index in [0.29, 0.717) is 0 Å². The van der Waals surface area contributed by atoms with Gasteiger partial charge in [-0.1, -0.05) is 31.9 Å².